The monoisotopic (exact) mass is 609 g/mol. The van der Waals surface area contributed by atoms with Crippen LogP contribution in [0.25, 0.3) is 5.69 Å². The molecule has 3 heterocycles. The average Bonchev–Trinajstić information content (AvgIpc) is 3.53. The molecule has 2 saturated heterocycles. The lowest BCUT2D eigenvalue weighted by Crippen LogP contribution is -2.67. The molecular weight excluding hydrogens is 566 g/mol. The topological polar surface area (TPSA) is 75.5 Å². The van der Waals surface area contributed by atoms with Gasteiger partial charge < -0.3 is 13.9 Å². The van der Waals surface area contributed by atoms with E-state index in [1.165, 1.54) is 10.4 Å². The predicted octanol–water partition coefficient (Wildman–Crippen LogP) is 6.55. The molecule has 230 valence electrons. The van der Waals surface area contributed by atoms with E-state index in [0.29, 0.717) is 12.2 Å². The molecule has 0 N–H and O–H groups in total. The van der Waals surface area contributed by atoms with E-state index in [9.17, 15) is 4.79 Å². The van der Waals surface area contributed by atoms with Crippen LogP contribution in [-0.4, -0.2) is 47.6 Å². The summed E-state index contributed by atoms with van der Waals surface area (Å²) in [5.74, 6) is -0.604. The number of hydrogen-bond donors (Lipinski definition) is 0. The highest BCUT2D eigenvalue weighted by Crippen LogP contribution is 2.44. The van der Waals surface area contributed by atoms with E-state index in [0.717, 1.165) is 49.9 Å². The molecule has 2 aliphatic rings. The van der Waals surface area contributed by atoms with Crippen LogP contribution in [0.5, 0.6) is 0 Å². The molecule has 2 aliphatic heterocycles. The summed E-state index contributed by atoms with van der Waals surface area (Å²) in [6.45, 7) is 9.01. The van der Waals surface area contributed by atoms with Crippen LogP contribution in [-0.2, 0) is 13.9 Å². The fourth-order valence-corrected chi connectivity index (χ4v) is 11.5. The summed E-state index contributed by atoms with van der Waals surface area (Å²) in [5, 5.41) is 11.3. The molecule has 8 heteroatoms. The second kappa shape index (κ2) is 12.5. The maximum atomic E-state index is 11.7. The summed E-state index contributed by atoms with van der Waals surface area (Å²) in [6, 6.07) is 29.0. The zero-order chi connectivity index (χ0) is 30.8. The van der Waals surface area contributed by atoms with E-state index in [1.807, 2.05) is 30.5 Å². The molecule has 1 spiro atoms. The van der Waals surface area contributed by atoms with Gasteiger partial charge in [-0.1, -0.05) is 86.6 Å². The molecule has 0 unspecified atom stereocenters. The number of Topliss-reactive ketones (excluding diaryl/α,β-unsaturated/α-hetero) is 1. The highest BCUT2D eigenvalue weighted by molar-refractivity contribution is 6.99. The highest BCUT2D eigenvalue weighted by atomic mass is 28.4. The third-order valence-corrected chi connectivity index (χ3v) is 14.1. The molecule has 2 fully saturated rings. The van der Waals surface area contributed by atoms with Crippen LogP contribution in [0.3, 0.4) is 0 Å². The normalized spacial score (nSPS) is 22.6. The lowest BCUT2D eigenvalue weighted by molar-refractivity contribution is -0.319. The van der Waals surface area contributed by atoms with Gasteiger partial charge in [0.15, 0.2) is 11.6 Å². The van der Waals surface area contributed by atoms with Crippen molar-refractivity contribution in [2.75, 3.05) is 6.61 Å². The molecule has 0 saturated carbocycles. The number of benzene rings is 3. The van der Waals surface area contributed by atoms with Crippen LogP contribution in [0, 0.1) is 0 Å². The molecule has 0 bridgehead atoms. The van der Waals surface area contributed by atoms with E-state index < -0.39 is 14.1 Å². The summed E-state index contributed by atoms with van der Waals surface area (Å²) < 4.78 is 22.6. The van der Waals surface area contributed by atoms with Crippen LogP contribution in [0.4, 0.5) is 0 Å². The minimum Gasteiger partial charge on any atom is -0.405 e. The van der Waals surface area contributed by atoms with E-state index >= 15 is 0 Å². The minimum absolute atomic E-state index is 0.0412. The first-order valence-corrected chi connectivity index (χ1v) is 17.7. The van der Waals surface area contributed by atoms with Crippen LogP contribution in [0.15, 0.2) is 91.1 Å². The van der Waals surface area contributed by atoms with E-state index in [1.54, 1.807) is 11.6 Å². The number of ketones is 1. The van der Waals surface area contributed by atoms with Gasteiger partial charge >= 0.3 is 0 Å². The molecule has 0 amide bonds. The molecule has 44 heavy (non-hydrogen) atoms. The Morgan fingerprint density at radius 3 is 2.11 bits per heavy atom. The summed E-state index contributed by atoms with van der Waals surface area (Å²) in [7, 11) is -2.66. The Bertz CT molecular complexity index is 1510. The van der Waals surface area contributed by atoms with Crippen molar-refractivity contribution in [2.45, 2.75) is 89.3 Å². The number of rotatable bonds is 8. The third-order valence-electron chi connectivity index (χ3n) is 9.13. The second-order valence-corrected chi connectivity index (χ2v) is 17.5. The summed E-state index contributed by atoms with van der Waals surface area (Å²) >= 11 is 0. The quantitative estimate of drug-likeness (QED) is 0.167. The molecule has 6 rings (SSSR count). The molecule has 0 radical (unpaired) electrons. The lowest BCUT2D eigenvalue weighted by Gasteiger charge is -2.47. The highest BCUT2D eigenvalue weighted by Gasteiger charge is 2.51. The Labute approximate surface area is 261 Å². The molecular formula is C36H43N3O4Si. The standard InChI is InChI=1S/C36H43N3O4Si/c1-27(40)28-19-21-29(22-20-28)39-25-33(37-38-39)34-18-12-24-36(43-34)23-11-13-30(42-36)26-41-44(35(2,3)4,31-14-7-5-8-15-31)32-16-9-6-10-17-32/h5-10,14-17,19-22,25,30,34H,11-13,18,23-24,26H2,1-4H3/t30-,34-,36-/m0/s1. The first-order valence-electron chi connectivity index (χ1n) is 15.8. The predicted molar refractivity (Wildman–Crippen MR) is 174 cm³/mol. The number of carbonyl (C=O) groups is 1. The van der Waals surface area contributed by atoms with Crippen molar-refractivity contribution in [3.63, 3.8) is 0 Å². The van der Waals surface area contributed by atoms with Crippen LogP contribution >= 0.6 is 0 Å². The zero-order valence-electron chi connectivity index (χ0n) is 26.2. The van der Waals surface area contributed by atoms with Gasteiger partial charge in [-0.05, 0) is 72.3 Å². The Hall–Kier alpha value is -3.43. The molecule has 4 aromatic rings. The van der Waals surface area contributed by atoms with Crippen LogP contribution in [0.2, 0.25) is 5.04 Å². The Balaban J connectivity index is 1.19. The van der Waals surface area contributed by atoms with Crippen molar-refractivity contribution in [3.8, 4) is 5.69 Å². The van der Waals surface area contributed by atoms with Crippen molar-refractivity contribution >= 4 is 24.5 Å². The maximum Gasteiger partial charge on any atom is 0.261 e. The van der Waals surface area contributed by atoms with Crippen molar-refractivity contribution in [3.05, 3.63) is 102 Å². The number of aromatic nitrogens is 3. The Morgan fingerprint density at radius 1 is 0.909 bits per heavy atom. The lowest BCUT2D eigenvalue weighted by atomic mass is 9.92. The second-order valence-electron chi connectivity index (χ2n) is 13.2. The fraction of sp³-hybridized carbons (Fsp3) is 0.417. The van der Waals surface area contributed by atoms with Gasteiger partial charge in [-0.15, -0.1) is 5.10 Å². The first kappa shape index (κ1) is 30.6. The summed E-state index contributed by atoms with van der Waals surface area (Å²) in [6.07, 6.45) is 7.24. The average molecular weight is 610 g/mol. The van der Waals surface area contributed by atoms with E-state index in [4.69, 9.17) is 13.9 Å². The Morgan fingerprint density at radius 2 is 1.52 bits per heavy atom. The summed E-state index contributed by atoms with van der Waals surface area (Å²) in [5.41, 5.74) is 2.33. The first-order chi connectivity index (χ1) is 21.2. The van der Waals surface area contributed by atoms with Crippen molar-refractivity contribution in [1.29, 1.82) is 0 Å². The molecule has 3 atom stereocenters. The Kier molecular flexibility index (Phi) is 8.70. The SMILES string of the molecule is CC(=O)c1ccc(-n2cc([C@@H]3CCC[C@]4(CCC[C@@H](CO[Si](c5ccccc5)(c5ccccc5)C(C)(C)C)O4)O3)nn2)cc1. The van der Waals surface area contributed by atoms with Gasteiger partial charge in [0.2, 0.25) is 0 Å². The minimum atomic E-state index is -2.66. The van der Waals surface area contributed by atoms with Crippen molar-refractivity contribution < 1.29 is 18.7 Å². The van der Waals surface area contributed by atoms with Crippen molar-refractivity contribution in [1.82, 2.24) is 15.0 Å². The van der Waals surface area contributed by atoms with Gasteiger partial charge in [-0.25, -0.2) is 4.68 Å². The third kappa shape index (κ3) is 6.09. The number of carbonyl (C=O) groups excluding carboxylic acids is 1. The van der Waals surface area contributed by atoms with Gasteiger partial charge in [0, 0.05) is 18.4 Å². The molecule has 7 nitrogen and oxygen atoms in total. The molecule has 3 aromatic carbocycles. The molecule has 0 aliphatic carbocycles. The van der Waals surface area contributed by atoms with E-state index in [-0.39, 0.29) is 23.0 Å². The van der Waals surface area contributed by atoms with Gasteiger partial charge in [0.1, 0.15) is 11.8 Å². The zero-order valence-corrected chi connectivity index (χ0v) is 27.2. The fourth-order valence-electron chi connectivity index (χ4n) is 6.93. The van der Waals surface area contributed by atoms with Gasteiger partial charge in [0.25, 0.3) is 8.32 Å². The van der Waals surface area contributed by atoms with Gasteiger partial charge in [-0.2, -0.15) is 0 Å². The number of hydrogen-bond acceptors (Lipinski definition) is 6. The number of ether oxygens (including phenoxy) is 2. The largest absolute Gasteiger partial charge is 0.405 e. The van der Waals surface area contributed by atoms with Crippen molar-refractivity contribution in [2.24, 2.45) is 0 Å². The van der Waals surface area contributed by atoms with Crippen LogP contribution in [0.1, 0.15) is 88.4 Å². The maximum absolute atomic E-state index is 11.7. The summed E-state index contributed by atoms with van der Waals surface area (Å²) in [4.78, 5) is 11.7. The van der Waals surface area contributed by atoms with Gasteiger partial charge in [-0.3, -0.25) is 4.79 Å². The number of nitrogens with zero attached hydrogens (tertiary/aromatic N) is 3. The molecule has 1 aromatic heterocycles. The smallest absolute Gasteiger partial charge is 0.261 e. The van der Waals surface area contributed by atoms with E-state index in [2.05, 4.69) is 91.7 Å². The van der Waals surface area contributed by atoms with Gasteiger partial charge in [0.05, 0.1) is 24.6 Å². The van der Waals surface area contributed by atoms with Crippen LogP contribution < -0.4 is 10.4 Å².